The molecule has 0 amide bonds. The maximum Gasteiger partial charge on any atom is 0.0497 e. The predicted molar refractivity (Wildman–Crippen MR) is 139 cm³/mol. The van der Waals surface area contributed by atoms with Gasteiger partial charge in [-0.3, -0.25) is 0 Å². The third-order valence-corrected chi connectivity index (χ3v) is 6.41. The fraction of sp³-hybridized carbons (Fsp3) is 0.333. The number of allylic oxidation sites excluding steroid dienone is 4. The monoisotopic (exact) mass is 424 g/mol. The molecular formula is C30H36N2. The van der Waals surface area contributed by atoms with Crippen molar-refractivity contribution in [3.05, 3.63) is 108 Å². The molecule has 1 unspecified atom stereocenters. The summed E-state index contributed by atoms with van der Waals surface area (Å²) in [4.78, 5) is 4.74. The molecule has 0 radical (unpaired) electrons. The molecule has 0 spiro atoms. The van der Waals surface area contributed by atoms with E-state index < -0.39 is 0 Å². The van der Waals surface area contributed by atoms with E-state index in [4.69, 9.17) is 0 Å². The first-order chi connectivity index (χ1) is 15.3. The molecule has 2 aliphatic rings. The highest BCUT2D eigenvalue weighted by atomic mass is 15.1. The van der Waals surface area contributed by atoms with Crippen LogP contribution in [0.15, 0.2) is 96.4 Å². The van der Waals surface area contributed by atoms with Crippen LogP contribution in [-0.2, 0) is 5.41 Å². The second-order valence-corrected chi connectivity index (χ2v) is 10.2. The number of hydrogen-bond acceptors (Lipinski definition) is 2. The average molecular weight is 425 g/mol. The molecule has 2 heteroatoms. The molecule has 2 heterocycles. The standard InChI is InChI=1S/C30H36N2/c1-22(2)26-11-7-9-13-28(26)31-18-15-24(16-19-31)25-17-20-32(23(3)21-25)29-14-10-8-12-27(29)30(4,5)6/h7-18,20-23H,19H2,1-6H3. The quantitative estimate of drug-likeness (QED) is 0.496. The minimum absolute atomic E-state index is 0.110. The molecule has 166 valence electrons. The summed E-state index contributed by atoms with van der Waals surface area (Å²) in [6.07, 6.45) is 13.7. The first-order valence-corrected chi connectivity index (χ1v) is 11.8. The highest BCUT2D eigenvalue weighted by Crippen LogP contribution is 2.36. The molecule has 0 saturated heterocycles. The first-order valence-electron chi connectivity index (χ1n) is 11.8. The summed E-state index contributed by atoms with van der Waals surface area (Å²) in [6, 6.07) is 17.8. The van der Waals surface area contributed by atoms with E-state index in [1.165, 1.54) is 33.6 Å². The molecule has 2 nitrogen and oxygen atoms in total. The molecule has 4 rings (SSSR count). The van der Waals surface area contributed by atoms with Crippen molar-refractivity contribution in [3.8, 4) is 0 Å². The van der Waals surface area contributed by atoms with Gasteiger partial charge in [0, 0.05) is 36.4 Å². The second kappa shape index (κ2) is 8.86. The van der Waals surface area contributed by atoms with Gasteiger partial charge in [0.15, 0.2) is 0 Å². The number of rotatable bonds is 4. The molecular weight excluding hydrogens is 388 g/mol. The van der Waals surface area contributed by atoms with Gasteiger partial charge < -0.3 is 9.80 Å². The Balaban J connectivity index is 1.53. The van der Waals surface area contributed by atoms with Crippen molar-refractivity contribution in [3.63, 3.8) is 0 Å². The van der Waals surface area contributed by atoms with Crippen LogP contribution in [0.2, 0.25) is 0 Å². The fourth-order valence-corrected chi connectivity index (χ4v) is 4.64. The van der Waals surface area contributed by atoms with Crippen LogP contribution in [0.5, 0.6) is 0 Å². The lowest BCUT2D eigenvalue weighted by molar-refractivity contribution is 0.588. The van der Waals surface area contributed by atoms with Crippen molar-refractivity contribution >= 4 is 11.4 Å². The van der Waals surface area contributed by atoms with Gasteiger partial charge >= 0.3 is 0 Å². The molecule has 0 fully saturated rings. The van der Waals surface area contributed by atoms with Gasteiger partial charge in [-0.15, -0.1) is 0 Å². The Hall–Kier alpha value is -3.00. The van der Waals surface area contributed by atoms with E-state index in [9.17, 15) is 0 Å². The van der Waals surface area contributed by atoms with E-state index >= 15 is 0 Å². The summed E-state index contributed by atoms with van der Waals surface area (Å²) in [6.45, 7) is 14.5. The Morgan fingerprint density at radius 1 is 0.844 bits per heavy atom. The van der Waals surface area contributed by atoms with Crippen LogP contribution < -0.4 is 9.80 Å². The highest BCUT2D eigenvalue weighted by Gasteiger charge is 2.24. The Morgan fingerprint density at radius 3 is 2.12 bits per heavy atom. The summed E-state index contributed by atoms with van der Waals surface area (Å²) in [7, 11) is 0. The van der Waals surface area contributed by atoms with Crippen LogP contribution in [0.25, 0.3) is 0 Å². The van der Waals surface area contributed by atoms with Gasteiger partial charge in [-0.1, -0.05) is 83.2 Å². The van der Waals surface area contributed by atoms with Gasteiger partial charge in [0.25, 0.3) is 0 Å². The molecule has 0 aliphatic carbocycles. The van der Waals surface area contributed by atoms with Crippen LogP contribution in [0, 0.1) is 0 Å². The van der Waals surface area contributed by atoms with Gasteiger partial charge in [-0.25, -0.2) is 0 Å². The first kappa shape index (κ1) is 22.2. The smallest absolute Gasteiger partial charge is 0.0497 e. The largest absolute Gasteiger partial charge is 0.344 e. The molecule has 32 heavy (non-hydrogen) atoms. The van der Waals surface area contributed by atoms with Crippen molar-refractivity contribution in [1.29, 1.82) is 0 Å². The lowest BCUT2D eigenvalue weighted by Crippen LogP contribution is -2.31. The summed E-state index contributed by atoms with van der Waals surface area (Å²) in [5, 5.41) is 0. The maximum atomic E-state index is 2.39. The zero-order chi connectivity index (χ0) is 22.9. The molecule has 2 aromatic rings. The van der Waals surface area contributed by atoms with Gasteiger partial charge in [-0.2, -0.15) is 0 Å². The van der Waals surface area contributed by atoms with Crippen LogP contribution in [0.1, 0.15) is 58.6 Å². The van der Waals surface area contributed by atoms with E-state index in [2.05, 4.69) is 137 Å². The topological polar surface area (TPSA) is 6.48 Å². The average Bonchev–Trinajstić information content (AvgIpc) is 2.78. The van der Waals surface area contributed by atoms with E-state index in [1.807, 2.05) is 0 Å². The van der Waals surface area contributed by atoms with Crippen LogP contribution >= 0.6 is 0 Å². The van der Waals surface area contributed by atoms with Crippen LogP contribution in [0.3, 0.4) is 0 Å². The third-order valence-electron chi connectivity index (χ3n) is 6.41. The van der Waals surface area contributed by atoms with Crippen LogP contribution in [0.4, 0.5) is 11.4 Å². The molecule has 1 atom stereocenters. The minimum Gasteiger partial charge on any atom is -0.344 e. The van der Waals surface area contributed by atoms with Gasteiger partial charge in [0.05, 0.1) is 0 Å². The van der Waals surface area contributed by atoms with Crippen molar-refractivity contribution < 1.29 is 0 Å². The lowest BCUT2D eigenvalue weighted by atomic mass is 9.85. The molecule has 0 bridgehead atoms. The van der Waals surface area contributed by atoms with Gasteiger partial charge in [0.2, 0.25) is 0 Å². The Bertz CT molecular complexity index is 1090. The molecule has 0 N–H and O–H groups in total. The van der Waals surface area contributed by atoms with Gasteiger partial charge in [-0.05, 0) is 64.8 Å². The molecule has 2 aromatic carbocycles. The summed E-state index contributed by atoms with van der Waals surface area (Å²) in [5.74, 6) is 0.511. The minimum atomic E-state index is 0.110. The normalized spacial score (nSPS) is 18.8. The second-order valence-electron chi connectivity index (χ2n) is 10.2. The maximum absolute atomic E-state index is 2.39. The molecule has 0 aromatic heterocycles. The number of nitrogens with zero attached hydrogens (tertiary/aromatic N) is 2. The number of anilines is 2. The third kappa shape index (κ3) is 4.46. The zero-order valence-corrected chi connectivity index (χ0v) is 20.3. The lowest BCUT2D eigenvalue weighted by Gasteiger charge is -2.35. The fourth-order valence-electron chi connectivity index (χ4n) is 4.64. The van der Waals surface area contributed by atoms with E-state index in [0.29, 0.717) is 12.0 Å². The molecule has 0 saturated carbocycles. The Labute approximate surface area is 194 Å². The predicted octanol–water partition coefficient (Wildman–Crippen LogP) is 7.72. The van der Waals surface area contributed by atoms with Gasteiger partial charge in [0.1, 0.15) is 0 Å². The van der Waals surface area contributed by atoms with Crippen LogP contribution in [-0.4, -0.2) is 12.6 Å². The van der Waals surface area contributed by atoms with Crippen molar-refractivity contribution in [1.82, 2.24) is 0 Å². The number of hydrogen-bond donors (Lipinski definition) is 0. The zero-order valence-electron chi connectivity index (χ0n) is 20.3. The van der Waals surface area contributed by atoms with Crippen molar-refractivity contribution in [2.45, 2.75) is 58.9 Å². The SMILES string of the molecule is CC(C)c1ccccc1N1C=CC(C2=CC(C)N(c3ccccc3C(C)(C)C)C=C2)=CC1. The summed E-state index contributed by atoms with van der Waals surface area (Å²) in [5.41, 5.74) is 8.09. The number of para-hydroxylation sites is 2. The van der Waals surface area contributed by atoms with E-state index in [1.54, 1.807) is 0 Å². The number of benzene rings is 2. The van der Waals surface area contributed by atoms with E-state index in [0.717, 1.165) is 6.54 Å². The molecule has 2 aliphatic heterocycles. The Morgan fingerprint density at radius 2 is 1.50 bits per heavy atom. The Kier molecular flexibility index (Phi) is 6.15. The highest BCUT2D eigenvalue weighted by molar-refractivity contribution is 5.65. The van der Waals surface area contributed by atoms with Crippen molar-refractivity contribution in [2.75, 3.05) is 16.3 Å². The van der Waals surface area contributed by atoms with E-state index in [-0.39, 0.29) is 5.41 Å². The van der Waals surface area contributed by atoms with Crippen molar-refractivity contribution in [2.24, 2.45) is 0 Å². The summed E-state index contributed by atoms with van der Waals surface area (Å²) < 4.78 is 0. The summed E-state index contributed by atoms with van der Waals surface area (Å²) >= 11 is 0.